The van der Waals surface area contributed by atoms with Crippen LogP contribution in [0.3, 0.4) is 0 Å². The normalized spacial score (nSPS) is 12.1. The van der Waals surface area contributed by atoms with Crippen LogP contribution in [0.25, 0.3) is 0 Å². The molecule has 0 saturated carbocycles. The van der Waals surface area contributed by atoms with Gasteiger partial charge in [-0.2, -0.15) is 0 Å². The van der Waals surface area contributed by atoms with E-state index in [-0.39, 0.29) is 4.90 Å². The summed E-state index contributed by atoms with van der Waals surface area (Å²) < 4.78 is 28.2. The summed E-state index contributed by atoms with van der Waals surface area (Å²) in [6, 6.07) is 31.5. The molecule has 35 heavy (non-hydrogen) atoms. The maximum atomic E-state index is 13.5. The quantitative estimate of drug-likeness (QED) is 0.332. The van der Waals surface area contributed by atoms with Crippen molar-refractivity contribution < 1.29 is 13.2 Å². The minimum absolute atomic E-state index is 0.0888. The summed E-state index contributed by atoms with van der Waals surface area (Å²) in [7, 11) is -4.02. The molecule has 178 valence electrons. The number of carbonyl (C=O) groups excluding carboxylic acids is 1. The molecule has 0 aliphatic rings. The zero-order chi connectivity index (χ0) is 24.8. The van der Waals surface area contributed by atoms with Gasteiger partial charge in [-0.05, 0) is 48.4 Å². The molecule has 0 saturated heterocycles. The molecule has 0 aromatic heterocycles. The van der Waals surface area contributed by atoms with E-state index in [9.17, 15) is 13.2 Å². The molecule has 4 aromatic rings. The van der Waals surface area contributed by atoms with Gasteiger partial charge in [0, 0.05) is 5.02 Å². The van der Waals surface area contributed by atoms with Gasteiger partial charge >= 0.3 is 0 Å². The number of benzene rings is 4. The van der Waals surface area contributed by atoms with Crippen LogP contribution in [0.4, 0.5) is 5.69 Å². The van der Waals surface area contributed by atoms with Gasteiger partial charge < -0.3 is 5.32 Å². The fourth-order valence-corrected chi connectivity index (χ4v) is 5.38. The van der Waals surface area contributed by atoms with Crippen LogP contribution in [0, 0.1) is 6.92 Å². The highest BCUT2D eigenvalue weighted by Crippen LogP contribution is 2.27. The van der Waals surface area contributed by atoms with Crippen molar-refractivity contribution >= 4 is 33.2 Å². The van der Waals surface area contributed by atoms with Gasteiger partial charge in [-0.15, -0.1) is 0 Å². The molecule has 7 heteroatoms. The average molecular weight is 505 g/mol. The first-order valence-electron chi connectivity index (χ1n) is 11.1. The number of amides is 1. The van der Waals surface area contributed by atoms with E-state index < -0.39 is 28.5 Å². The smallest absolute Gasteiger partial charge is 0.264 e. The van der Waals surface area contributed by atoms with E-state index >= 15 is 0 Å². The summed E-state index contributed by atoms with van der Waals surface area (Å²) >= 11 is 6.16. The Kier molecular flexibility index (Phi) is 7.54. The Hall–Kier alpha value is -3.61. The topological polar surface area (TPSA) is 66.5 Å². The lowest BCUT2D eigenvalue weighted by Gasteiger charge is -2.26. The highest BCUT2D eigenvalue weighted by molar-refractivity contribution is 7.92. The van der Waals surface area contributed by atoms with Crippen molar-refractivity contribution in [3.63, 3.8) is 0 Å². The first kappa shape index (κ1) is 24.5. The van der Waals surface area contributed by atoms with Crippen molar-refractivity contribution in [2.45, 2.75) is 17.9 Å². The minimum atomic E-state index is -4.02. The van der Waals surface area contributed by atoms with Crippen LogP contribution in [-0.2, 0) is 14.8 Å². The number of hydrogen-bond donors (Lipinski definition) is 1. The number of carbonyl (C=O) groups is 1. The second-order valence-corrected chi connectivity index (χ2v) is 10.4. The number of hydrogen-bond acceptors (Lipinski definition) is 3. The summed E-state index contributed by atoms with van der Waals surface area (Å²) in [5, 5.41) is 3.40. The Bertz CT molecular complexity index is 1390. The highest BCUT2D eigenvalue weighted by Gasteiger charge is 2.28. The number of halogens is 1. The minimum Gasteiger partial charge on any atom is -0.344 e. The Morgan fingerprint density at radius 2 is 1.43 bits per heavy atom. The third-order valence-corrected chi connectivity index (χ3v) is 7.59. The molecule has 4 rings (SSSR count). The maximum Gasteiger partial charge on any atom is 0.264 e. The van der Waals surface area contributed by atoms with Gasteiger partial charge in [-0.25, -0.2) is 8.42 Å². The largest absolute Gasteiger partial charge is 0.344 e. The lowest BCUT2D eigenvalue weighted by molar-refractivity contribution is -0.120. The van der Waals surface area contributed by atoms with Gasteiger partial charge in [0.15, 0.2) is 0 Å². The van der Waals surface area contributed by atoms with Gasteiger partial charge in [0.1, 0.15) is 6.54 Å². The Morgan fingerprint density at radius 3 is 2.06 bits per heavy atom. The SMILES string of the molecule is Cc1ccc([C@@H](NC(=O)CN(c2cccc(Cl)c2)S(=O)(=O)c2ccccc2)c2ccccc2)cc1. The van der Waals surface area contributed by atoms with Crippen molar-refractivity contribution in [2.75, 3.05) is 10.8 Å². The summed E-state index contributed by atoms with van der Waals surface area (Å²) in [5.74, 6) is -0.445. The van der Waals surface area contributed by atoms with Crippen LogP contribution in [0.2, 0.25) is 5.02 Å². The van der Waals surface area contributed by atoms with Gasteiger partial charge in [0.25, 0.3) is 10.0 Å². The molecule has 0 unspecified atom stereocenters. The third-order valence-electron chi connectivity index (χ3n) is 5.56. The van der Waals surface area contributed by atoms with E-state index in [4.69, 9.17) is 11.6 Å². The summed E-state index contributed by atoms with van der Waals surface area (Å²) in [6.45, 7) is 1.59. The maximum absolute atomic E-state index is 13.5. The molecule has 0 radical (unpaired) electrons. The number of rotatable bonds is 8. The fourth-order valence-electron chi connectivity index (χ4n) is 3.77. The second-order valence-electron chi connectivity index (χ2n) is 8.13. The zero-order valence-electron chi connectivity index (χ0n) is 19.1. The number of sulfonamides is 1. The fraction of sp³-hybridized carbons (Fsp3) is 0.107. The molecule has 1 amide bonds. The van der Waals surface area contributed by atoms with Gasteiger partial charge in [0.05, 0.1) is 16.6 Å². The predicted molar refractivity (Wildman–Crippen MR) is 140 cm³/mol. The van der Waals surface area contributed by atoms with Crippen molar-refractivity contribution in [1.29, 1.82) is 0 Å². The average Bonchev–Trinajstić information content (AvgIpc) is 2.87. The van der Waals surface area contributed by atoms with E-state index in [0.29, 0.717) is 10.7 Å². The molecule has 1 atom stereocenters. The molecule has 0 bridgehead atoms. The molecular weight excluding hydrogens is 480 g/mol. The molecule has 0 fully saturated rings. The van der Waals surface area contributed by atoms with Crippen molar-refractivity contribution in [3.8, 4) is 0 Å². The highest BCUT2D eigenvalue weighted by atomic mass is 35.5. The van der Waals surface area contributed by atoms with Crippen LogP contribution in [0.15, 0.2) is 114 Å². The van der Waals surface area contributed by atoms with Gasteiger partial charge in [-0.1, -0.05) is 96.0 Å². The van der Waals surface area contributed by atoms with E-state index in [2.05, 4.69) is 5.32 Å². The number of anilines is 1. The van der Waals surface area contributed by atoms with E-state index in [0.717, 1.165) is 21.0 Å². The third kappa shape index (κ3) is 5.91. The first-order valence-corrected chi connectivity index (χ1v) is 12.9. The van der Waals surface area contributed by atoms with E-state index in [1.807, 2.05) is 61.5 Å². The van der Waals surface area contributed by atoms with E-state index in [1.165, 1.54) is 18.2 Å². The molecule has 5 nitrogen and oxygen atoms in total. The summed E-state index contributed by atoms with van der Waals surface area (Å²) in [5.41, 5.74) is 3.20. The summed E-state index contributed by atoms with van der Waals surface area (Å²) in [4.78, 5) is 13.5. The predicted octanol–water partition coefficient (Wildman–Crippen LogP) is 5.75. The van der Waals surface area contributed by atoms with Crippen LogP contribution in [0.1, 0.15) is 22.7 Å². The number of nitrogens with one attached hydrogen (secondary N) is 1. The molecule has 4 aromatic carbocycles. The number of nitrogens with zero attached hydrogens (tertiary/aromatic N) is 1. The summed E-state index contributed by atoms with van der Waals surface area (Å²) in [6.07, 6.45) is 0. The molecule has 1 N–H and O–H groups in total. The van der Waals surface area contributed by atoms with Crippen LogP contribution in [-0.4, -0.2) is 20.9 Å². The first-order chi connectivity index (χ1) is 16.8. The molecule has 0 aliphatic heterocycles. The van der Waals surface area contributed by atoms with Gasteiger partial charge in [0.2, 0.25) is 5.91 Å². The van der Waals surface area contributed by atoms with Crippen molar-refractivity contribution in [3.05, 3.63) is 131 Å². The van der Waals surface area contributed by atoms with Crippen LogP contribution >= 0.6 is 11.6 Å². The van der Waals surface area contributed by atoms with Crippen LogP contribution in [0.5, 0.6) is 0 Å². The second kappa shape index (κ2) is 10.8. The molecular formula is C28H25ClN2O3S. The standard InChI is InChI=1S/C28H25ClN2O3S/c1-21-15-17-23(18-16-21)28(22-9-4-2-5-10-22)30-27(32)20-31(25-12-8-11-24(29)19-25)35(33,34)26-13-6-3-7-14-26/h2-19,28H,20H2,1H3,(H,30,32)/t28-/m0/s1. The van der Waals surface area contributed by atoms with Crippen molar-refractivity contribution in [2.24, 2.45) is 0 Å². The zero-order valence-corrected chi connectivity index (χ0v) is 20.7. The molecule has 0 aliphatic carbocycles. The number of aryl methyl sites for hydroxylation is 1. The molecule has 0 spiro atoms. The Morgan fingerprint density at radius 1 is 0.829 bits per heavy atom. The molecule has 0 heterocycles. The lowest BCUT2D eigenvalue weighted by Crippen LogP contribution is -2.42. The lowest BCUT2D eigenvalue weighted by atomic mass is 9.98. The Balaban J connectivity index is 1.68. The van der Waals surface area contributed by atoms with Gasteiger partial charge in [-0.3, -0.25) is 9.10 Å². The van der Waals surface area contributed by atoms with Crippen molar-refractivity contribution in [1.82, 2.24) is 5.32 Å². The van der Waals surface area contributed by atoms with Crippen LogP contribution < -0.4 is 9.62 Å². The Labute approximate surface area is 211 Å². The van der Waals surface area contributed by atoms with E-state index in [1.54, 1.807) is 36.4 Å². The monoisotopic (exact) mass is 504 g/mol.